The highest BCUT2D eigenvalue weighted by atomic mass is 32.1. The highest BCUT2D eigenvalue weighted by molar-refractivity contribution is 7.16. The fraction of sp³-hybridized carbons (Fsp3) is 0.0455. The van der Waals surface area contributed by atoms with Crippen LogP contribution in [0.5, 0.6) is 0 Å². The molecule has 5 aromatic rings. The van der Waals surface area contributed by atoms with E-state index in [9.17, 15) is 4.79 Å². The number of para-hydroxylation sites is 1. The van der Waals surface area contributed by atoms with Crippen LogP contribution in [-0.4, -0.2) is 24.8 Å². The largest absolute Gasteiger partial charge is 0.321 e. The highest BCUT2D eigenvalue weighted by Gasteiger charge is 2.18. The van der Waals surface area contributed by atoms with Gasteiger partial charge in [0.05, 0.1) is 17.1 Å². The van der Waals surface area contributed by atoms with Crippen molar-refractivity contribution in [1.29, 1.82) is 0 Å². The zero-order valence-corrected chi connectivity index (χ0v) is 16.4. The van der Waals surface area contributed by atoms with E-state index in [1.165, 1.54) is 11.3 Å². The zero-order valence-electron chi connectivity index (χ0n) is 15.6. The van der Waals surface area contributed by atoms with E-state index in [-0.39, 0.29) is 5.91 Å². The first-order valence-electron chi connectivity index (χ1n) is 9.14. The van der Waals surface area contributed by atoms with Gasteiger partial charge >= 0.3 is 0 Å². The number of hydrogen-bond acceptors (Lipinski definition) is 4. The average molecular weight is 399 g/mol. The number of hydrogen-bond donors (Lipinski definition) is 1. The molecule has 1 aromatic carbocycles. The summed E-state index contributed by atoms with van der Waals surface area (Å²) in [5, 5.41) is 3.81. The second kappa shape index (κ2) is 7.03. The summed E-state index contributed by atoms with van der Waals surface area (Å²) in [6.07, 6.45) is 7.75. The van der Waals surface area contributed by atoms with Crippen molar-refractivity contribution in [3.05, 3.63) is 90.0 Å². The SMILES string of the molecule is Cc1nc(-n2cccc2)sc1C(=O)Nc1ccccc1-c1cn2ccccc2n1. The maximum atomic E-state index is 13.0. The van der Waals surface area contributed by atoms with Crippen LogP contribution < -0.4 is 5.32 Å². The van der Waals surface area contributed by atoms with Crippen LogP contribution >= 0.6 is 11.3 Å². The van der Waals surface area contributed by atoms with Crippen LogP contribution in [0.4, 0.5) is 5.69 Å². The number of nitrogens with zero attached hydrogens (tertiary/aromatic N) is 4. The summed E-state index contributed by atoms with van der Waals surface area (Å²) in [5.74, 6) is -0.172. The fourth-order valence-electron chi connectivity index (χ4n) is 3.22. The summed E-state index contributed by atoms with van der Waals surface area (Å²) >= 11 is 1.37. The van der Waals surface area contributed by atoms with Gasteiger partial charge in [-0.15, -0.1) is 0 Å². The summed E-state index contributed by atoms with van der Waals surface area (Å²) in [5.41, 5.74) is 3.97. The number of anilines is 1. The molecule has 7 heteroatoms. The van der Waals surface area contributed by atoms with Crippen LogP contribution in [0.3, 0.4) is 0 Å². The number of carbonyl (C=O) groups excluding carboxylic acids is 1. The average Bonchev–Trinajstić information content (AvgIpc) is 3.47. The van der Waals surface area contributed by atoms with Gasteiger partial charge in [-0.3, -0.25) is 4.79 Å². The van der Waals surface area contributed by atoms with E-state index >= 15 is 0 Å². The molecule has 142 valence electrons. The van der Waals surface area contributed by atoms with Gasteiger partial charge in [0, 0.05) is 30.4 Å². The molecule has 0 aliphatic heterocycles. The van der Waals surface area contributed by atoms with Gasteiger partial charge in [-0.1, -0.05) is 35.6 Å². The number of thiazole rings is 1. The molecule has 0 aliphatic rings. The number of amides is 1. The molecule has 0 fully saturated rings. The lowest BCUT2D eigenvalue weighted by Gasteiger charge is -2.08. The van der Waals surface area contributed by atoms with E-state index in [1.807, 2.05) is 95.3 Å². The molecule has 4 aromatic heterocycles. The number of nitrogens with one attached hydrogen (secondary N) is 1. The predicted molar refractivity (Wildman–Crippen MR) is 115 cm³/mol. The number of carbonyl (C=O) groups is 1. The van der Waals surface area contributed by atoms with Crippen molar-refractivity contribution < 1.29 is 4.79 Å². The standard InChI is InChI=1S/C22H17N5OS/c1-15-20(29-22(23-15)26-11-6-7-12-26)21(28)25-17-9-3-2-8-16(17)18-14-27-13-5-4-10-19(27)24-18/h2-14H,1H3,(H,25,28). The van der Waals surface area contributed by atoms with Crippen molar-refractivity contribution in [2.75, 3.05) is 5.32 Å². The lowest BCUT2D eigenvalue weighted by Crippen LogP contribution is -2.12. The van der Waals surface area contributed by atoms with E-state index in [0.717, 1.165) is 27.7 Å². The van der Waals surface area contributed by atoms with Gasteiger partial charge in [-0.2, -0.15) is 0 Å². The Morgan fingerprint density at radius 2 is 1.72 bits per heavy atom. The third kappa shape index (κ3) is 3.21. The second-order valence-corrected chi connectivity index (χ2v) is 7.57. The number of rotatable bonds is 4. The normalized spacial score (nSPS) is 11.1. The molecule has 0 bridgehead atoms. The molecule has 29 heavy (non-hydrogen) atoms. The topological polar surface area (TPSA) is 64.2 Å². The Morgan fingerprint density at radius 1 is 0.966 bits per heavy atom. The number of fused-ring (bicyclic) bond motifs is 1. The third-order valence-corrected chi connectivity index (χ3v) is 5.80. The Hall–Kier alpha value is -3.71. The lowest BCUT2D eigenvalue weighted by atomic mass is 10.1. The first kappa shape index (κ1) is 17.4. The molecule has 6 nitrogen and oxygen atoms in total. The van der Waals surface area contributed by atoms with Crippen molar-refractivity contribution >= 4 is 28.6 Å². The molecule has 5 rings (SSSR count). The van der Waals surface area contributed by atoms with Crippen LogP contribution in [-0.2, 0) is 0 Å². The molecular weight excluding hydrogens is 382 g/mol. The Morgan fingerprint density at radius 3 is 2.55 bits per heavy atom. The summed E-state index contributed by atoms with van der Waals surface area (Å²) in [6.45, 7) is 1.85. The molecule has 4 heterocycles. The van der Waals surface area contributed by atoms with E-state index < -0.39 is 0 Å². The minimum atomic E-state index is -0.172. The zero-order chi connectivity index (χ0) is 19.8. The van der Waals surface area contributed by atoms with Crippen LogP contribution in [0.1, 0.15) is 15.4 Å². The van der Waals surface area contributed by atoms with E-state index in [1.54, 1.807) is 0 Å². The summed E-state index contributed by atoms with van der Waals surface area (Å²) < 4.78 is 3.86. The van der Waals surface area contributed by atoms with Gasteiger partial charge < -0.3 is 14.3 Å². The Kier molecular flexibility index (Phi) is 4.22. The van der Waals surface area contributed by atoms with Crippen molar-refractivity contribution in [3.63, 3.8) is 0 Å². The van der Waals surface area contributed by atoms with Crippen LogP contribution in [0.2, 0.25) is 0 Å². The molecule has 1 N–H and O–H groups in total. The van der Waals surface area contributed by atoms with Gasteiger partial charge in [0.25, 0.3) is 5.91 Å². The molecule has 0 saturated carbocycles. The number of aryl methyl sites for hydroxylation is 1. The molecule has 0 saturated heterocycles. The van der Waals surface area contributed by atoms with Crippen molar-refractivity contribution in [1.82, 2.24) is 18.9 Å². The third-order valence-electron chi connectivity index (χ3n) is 4.63. The van der Waals surface area contributed by atoms with Crippen molar-refractivity contribution in [2.45, 2.75) is 6.92 Å². The Bertz CT molecular complexity index is 1280. The number of aromatic nitrogens is 4. The predicted octanol–water partition coefficient (Wildman–Crippen LogP) is 4.81. The molecular formula is C22H17N5OS. The second-order valence-electron chi connectivity index (χ2n) is 6.59. The van der Waals surface area contributed by atoms with Gasteiger partial charge in [0.15, 0.2) is 5.13 Å². The monoisotopic (exact) mass is 399 g/mol. The molecule has 0 radical (unpaired) electrons. The molecule has 0 unspecified atom stereocenters. The van der Waals surface area contributed by atoms with Gasteiger partial charge in [0.2, 0.25) is 0 Å². The smallest absolute Gasteiger partial charge is 0.267 e. The van der Waals surface area contributed by atoms with E-state index in [2.05, 4.69) is 15.3 Å². The molecule has 0 aliphatic carbocycles. The van der Waals surface area contributed by atoms with Crippen LogP contribution in [0.25, 0.3) is 22.0 Å². The summed E-state index contributed by atoms with van der Waals surface area (Å²) in [7, 11) is 0. The highest BCUT2D eigenvalue weighted by Crippen LogP contribution is 2.29. The fourth-order valence-corrected chi connectivity index (χ4v) is 4.15. The van der Waals surface area contributed by atoms with E-state index in [0.29, 0.717) is 10.6 Å². The minimum Gasteiger partial charge on any atom is -0.321 e. The quantitative estimate of drug-likeness (QED) is 0.472. The first-order valence-corrected chi connectivity index (χ1v) is 9.96. The molecule has 0 spiro atoms. The van der Waals surface area contributed by atoms with Crippen LogP contribution in [0, 0.1) is 6.92 Å². The Balaban J connectivity index is 1.48. The molecule has 0 atom stereocenters. The maximum Gasteiger partial charge on any atom is 0.267 e. The minimum absolute atomic E-state index is 0.172. The summed E-state index contributed by atoms with van der Waals surface area (Å²) in [6, 6.07) is 17.4. The van der Waals surface area contributed by atoms with Gasteiger partial charge in [-0.25, -0.2) is 9.97 Å². The lowest BCUT2D eigenvalue weighted by molar-refractivity contribution is 0.103. The first-order chi connectivity index (χ1) is 14.2. The van der Waals surface area contributed by atoms with Crippen molar-refractivity contribution in [2.24, 2.45) is 0 Å². The van der Waals surface area contributed by atoms with Gasteiger partial charge in [-0.05, 0) is 37.3 Å². The number of pyridine rings is 1. The van der Waals surface area contributed by atoms with Crippen LogP contribution in [0.15, 0.2) is 79.4 Å². The number of imidazole rings is 1. The molecule has 1 amide bonds. The Labute approximate surface area is 171 Å². The van der Waals surface area contributed by atoms with E-state index in [4.69, 9.17) is 0 Å². The van der Waals surface area contributed by atoms with Crippen molar-refractivity contribution in [3.8, 4) is 16.4 Å². The number of benzene rings is 1. The summed E-state index contributed by atoms with van der Waals surface area (Å²) in [4.78, 5) is 22.8. The maximum absolute atomic E-state index is 13.0. The van der Waals surface area contributed by atoms with Gasteiger partial charge in [0.1, 0.15) is 10.5 Å².